The maximum absolute atomic E-state index is 9.09. The Labute approximate surface area is 169 Å². The van der Waals surface area contributed by atoms with E-state index in [1.165, 1.54) is 0 Å². The minimum atomic E-state index is 0.135. The summed E-state index contributed by atoms with van der Waals surface area (Å²) in [4.78, 5) is 8.61. The van der Waals surface area contributed by atoms with Gasteiger partial charge in [-0.2, -0.15) is 10.4 Å². The molecule has 0 aliphatic heterocycles. The molecule has 2 aromatic heterocycles. The van der Waals surface area contributed by atoms with Crippen molar-refractivity contribution in [3.63, 3.8) is 0 Å². The third kappa shape index (κ3) is 4.41. The van der Waals surface area contributed by atoms with Crippen LogP contribution in [0.2, 0.25) is 5.28 Å². The first kappa shape index (κ1) is 19.6. The molecule has 0 radical (unpaired) electrons. The van der Waals surface area contributed by atoms with Crippen LogP contribution < -0.4 is 10.1 Å². The van der Waals surface area contributed by atoms with Gasteiger partial charge in [-0.3, -0.25) is 4.68 Å². The van der Waals surface area contributed by atoms with Crippen molar-refractivity contribution in [1.29, 1.82) is 5.26 Å². The summed E-state index contributed by atoms with van der Waals surface area (Å²) in [6.45, 7) is 4.98. The largest absolute Gasteiger partial charge is 0.497 e. The van der Waals surface area contributed by atoms with Gasteiger partial charge in [0.25, 0.3) is 0 Å². The topological polar surface area (TPSA) is 88.7 Å². The number of aromatic nitrogens is 4. The number of ether oxygens (including phenoxy) is 1. The predicted molar refractivity (Wildman–Crippen MR) is 109 cm³/mol. The molecule has 1 N–H and O–H groups in total. The SMILES string of the molecule is CCCNc1cc(-c2cn(CC#N)nc2-c2cc(C)cc(OC)c2)nc(Cl)n1. The molecule has 7 nitrogen and oxygen atoms in total. The van der Waals surface area contributed by atoms with Crippen molar-refractivity contribution in [3.05, 3.63) is 41.3 Å². The molecule has 0 spiro atoms. The average Bonchev–Trinajstić information content (AvgIpc) is 3.10. The molecule has 0 amide bonds. The number of methoxy groups -OCH3 is 1. The maximum Gasteiger partial charge on any atom is 0.224 e. The van der Waals surface area contributed by atoms with E-state index in [0.717, 1.165) is 35.4 Å². The lowest BCUT2D eigenvalue weighted by Crippen LogP contribution is -2.03. The van der Waals surface area contributed by atoms with Crippen LogP contribution in [0, 0.1) is 18.3 Å². The zero-order valence-electron chi connectivity index (χ0n) is 16.0. The van der Waals surface area contributed by atoms with Crippen LogP contribution in [-0.2, 0) is 6.54 Å². The number of nitriles is 1. The van der Waals surface area contributed by atoms with Gasteiger partial charge in [0.05, 0.1) is 18.9 Å². The molecule has 3 rings (SSSR count). The number of rotatable bonds is 7. The van der Waals surface area contributed by atoms with E-state index in [-0.39, 0.29) is 11.8 Å². The van der Waals surface area contributed by atoms with Crippen LogP contribution in [0.25, 0.3) is 22.5 Å². The molecule has 28 heavy (non-hydrogen) atoms. The van der Waals surface area contributed by atoms with Crippen molar-refractivity contribution in [1.82, 2.24) is 19.7 Å². The lowest BCUT2D eigenvalue weighted by molar-refractivity contribution is 0.414. The molecule has 0 unspecified atom stereocenters. The molecule has 0 fully saturated rings. The Kier molecular flexibility index (Phi) is 6.12. The third-order valence-corrected chi connectivity index (χ3v) is 4.25. The number of aryl methyl sites for hydroxylation is 1. The molecular weight excluding hydrogens is 376 g/mol. The van der Waals surface area contributed by atoms with Crippen LogP contribution in [0.4, 0.5) is 5.82 Å². The standard InChI is InChI=1S/C20H21ClN6O/c1-4-6-23-18-11-17(24-20(21)25-18)16-12-27(7-5-22)26-19(16)14-8-13(2)9-15(10-14)28-3/h8-12H,4,6-7H2,1-3H3,(H,23,24,25). The third-order valence-electron chi connectivity index (χ3n) is 4.09. The van der Waals surface area contributed by atoms with Crippen LogP contribution in [0.3, 0.4) is 0 Å². The first-order valence-corrected chi connectivity index (χ1v) is 9.31. The summed E-state index contributed by atoms with van der Waals surface area (Å²) in [5.41, 5.74) is 4.03. The van der Waals surface area contributed by atoms with Crippen molar-refractivity contribution in [2.24, 2.45) is 0 Å². The van der Waals surface area contributed by atoms with Gasteiger partial charge in [0.1, 0.15) is 23.8 Å². The van der Waals surface area contributed by atoms with E-state index in [1.807, 2.05) is 31.2 Å². The van der Waals surface area contributed by atoms with E-state index in [2.05, 4.69) is 33.4 Å². The van der Waals surface area contributed by atoms with E-state index in [4.69, 9.17) is 21.6 Å². The molecule has 0 saturated carbocycles. The number of halogens is 1. The highest BCUT2D eigenvalue weighted by Gasteiger charge is 2.17. The van der Waals surface area contributed by atoms with Crippen LogP contribution in [0.15, 0.2) is 30.5 Å². The fourth-order valence-electron chi connectivity index (χ4n) is 2.88. The Hall–Kier alpha value is -3.11. The number of nitrogens with zero attached hydrogens (tertiary/aromatic N) is 5. The molecule has 1 aromatic carbocycles. The normalized spacial score (nSPS) is 10.5. The van der Waals surface area contributed by atoms with Gasteiger partial charge in [-0.1, -0.05) is 6.92 Å². The van der Waals surface area contributed by atoms with Crippen LogP contribution in [-0.4, -0.2) is 33.4 Å². The van der Waals surface area contributed by atoms with Crippen molar-refractivity contribution in [3.8, 4) is 34.3 Å². The van der Waals surface area contributed by atoms with Crippen LogP contribution >= 0.6 is 11.6 Å². The van der Waals surface area contributed by atoms with Crippen LogP contribution in [0.5, 0.6) is 5.75 Å². The van der Waals surface area contributed by atoms with E-state index >= 15 is 0 Å². The number of hydrogen-bond donors (Lipinski definition) is 1. The molecule has 8 heteroatoms. The second kappa shape index (κ2) is 8.72. The Morgan fingerprint density at radius 3 is 2.79 bits per heavy atom. The fraction of sp³-hybridized carbons (Fsp3) is 0.300. The number of anilines is 1. The predicted octanol–water partition coefficient (Wildman–Crippen LogP) is 4.32. The second-order valence-electron chi connectivity index (χ2n) is 6.32. The minimum Gasteiger partial charge on any atom is -0.497 e. The molecule has 0 aliphatic rings. The van der Waals surface area contributed by atoms with Crippen molar-refractivity contribution in [2.45, 2.75) is 26.8 Å². The van der Waals surface area contributed by atoms with Crippen molar-refractivity contribution in [2.75, 3.05) is 19.0 Å². The zero-order chi connectivity index (χ0) is 20.1. The van der Waals surface area contributed by atoms with Crippen LogP contribution in [0.1, 0.15) is 18.9 Å². The van der Waals surface area contributed by atoms with Gasteiger partial charge in [-0.05, 0) is 48.7 Å². The van der Waals surface area contributed by atoms with Gasteiger partial charge < -0.3 is 10.1 Å². The number of nitrogens with one attached hydrogen (secondary N) is 1. The molecule has 3 aromatic rings. The molecule has 0 bridgehead atoms. The summed E-state index contributed by atoms with van der Waals surface area (Å²) in [5.74, 6) is 1.39. The van der Waals surface area contributed by atoms with Gasteiger partial charge >= 0.3 is 0 Å². The number of benzene rings is 1. The molecule has 0 atom stereocenters. The zero-order valence-corrected chi connectivity index (χ0v) is 16.8. The lowest BCUT2D eigenvalue weighted by atomic mass is 10.0. The Morgan fingerprint density at radius 2 is 2.07 bits per heavy atom. The summed E-state index contributed by atoms with van der Waals surface area (Å²) < 4.78 is 6.99. The monoisotopic (exact) mass is 396 g/mol. The first-order chi connectivity index (χ1) is 13.5. The fourth-order valence-corrected chi connectivity index (χ4v) is 3.06. The summed E-state index contributed by atoms with van der Waals surface area (Å²) in [6, 6.07) is 9.83. The van der Waals surface area contributed by atoms with E-state index in [1.54, 1.807) is 18.0 Å². The van der Waals surface area contributed by atoms with Crippen molar-refractivity contribution >= 4 is 17.4 Å². The summed E-state index contributed by atoms with van der Waals surface area (Å²) in [6.07, 6.45) is 2.76. The highest BCUT2D eigenvalue weighted by molar-refractivity contribution is 6.28. The van der Waals surface area contributed by atoms with E-state index in [9.17, 15) is 0 Å². The Balaban J connectivity index is 2.15. The summed E-state index contributed by atoms with van der Waals surface area (Å²) in [5, 5.41) is 17.1. The molecule has 144 valence electrons. The summed E-state index contributed by atoms with van der Waals surface area (Å²) in [7, 11) is 1.63. The molecule has 0 aliphatic carbocycles. The lowest BCUT2D eigenvalue weighted by Gasteiger charge is -2.09. The summed E-state index contributed by atoms with van der Waals surface area (Å²) >= 11 is 6.16. The Morgan fingerprint density at radius 1 is 1.25 bits per heavy atom. The molecule has 2 heterocycles. The first-order valence-electron chi connectivity index (χ1n) is 8.93. The van der Waals surface area contributed by atoms with Gasteiger partial charge in [-0.15, -0.1) is 0 Å². The maximum atomic E-state index is 9.09. The van der Waals surface area contributed by atoms with E-state index < -0.39 is 0 Å². The Bertz CT molecular complexity index is 1020. The van der Waals surface area contributed by atoms with E-state index in [0.29, 0.717) is 17.2 Å². The van der Waals surface area contributed by atoms with Gasteiger partial charge in [0.15, 0.2) is 0 Å². The number of hydrogen-bond acceptors (Lipinski definition) is 6. The average molecular weight is 397 g/mol. The second-order valence-corrected chi connectivity index (χ2v) is 6.66. The smallest absolute Gasteiger partial charge is 0.224 e. The molecular formula is C20H21ClN6O. The highest BCUT2D eigenvalue weighted by Crippen LogP contribution is 2.34. The highest BCUT2D eigenvalue weighted by atomic mass is 35.5. The van der Waals surface area contributed by atoms with Gasteiger partial charge in [0, 0.05) is 29.9 Å². The van der Waals surface area contributed by atoms with Gasteiger partial charge in [-0.25, -0.2) is 9.97 Å². The van der Waals surface area contributed by atoms with Crippen molar-refractivity contribution < 1.29 is 4.74 Å². The van der Waals surface area contributed by atoms with Gasteiger partial charge in [0.2, 0.25) is 5.28 Å². The quantitative estimate of drug-likeness (QED) is 0.598. The minimum absolute atomic E-state index is 0.135. The molecule has 0 saturated heterocycles.